The molecule has 5 rings (SSSR count). The van der Waals surface area contributed by atoms with Gasteiger partial charge in [-0.2, -0.15) is 5.10 Å². The van der Waals surface area contributed by atoms with Gasteiger partial charge in [0.25, 0.3) is 0 Å². The van der Waals surface area contributed by atoms with Crippen LogP contribution in [0.1, 0.15) is 5.56 Å². The summed E-state index contributed by atoms with van der Waals surface area (Å²) in [5, 5.41) is 14.0. The maximum atomic E-state index is 13.6. The first-order chi connectivity index (χ1) is 16.1. The van der Waals surface area contributed by atoms with E-state index in [1.165, 1.54) is 17.0 Å². The molecule has 168 valence electrons. The third-order valence-corrected chi connectivity index (χ3v) is 5.87. The summed E-state index contributed by atoms with van der Waals surface area (Å²) >= 11 is 0. The van der Waals surface area contributed by atoms with Crippen LogP contribution in [0.25, 0.3) is 28.3 Å². The van der Waals surface area contributed by atoms with Gasteiger partial charge in [-0.1, -0.05) is 24.3 Å². The first-order valence-corrected chi connectivity index (χ1v) is 10.8. The Morgan fingerprint density at radius 1 is 1.00 bits per heavy atom. The highest BCUT2D eigenvalue weighted by atomic mass is 19.1. The minimum Gasteiger partial charge on any atom is -0.465 e. The average Bonchev–Trinajstić information content (AvgIpc) is 3.50. The lowest BCUT2D eigenvalue weighted by molar-refractivity contribution is 0.103. The number of rotatable bonds is 5. The third-order valence-electron chi connectivity index (χ3n) is 5.87. The quantitative estimate of drug-likeness (QED) is 0.480. The number of carboxylic acid groups (broad SMARTS) is 1. The summed E-state index contributed by atoms with van der Waals surface area (Å²) < 4.78 is 21.0. The van der Waals surface area contributed by atoms with Crippen LogP contribution in [0.5, 0.6) is 0 Å². The third kappa shape index (κ3) is 4.51. The number of halogens is 1. The number of carbonyl (C=O) groups is 1. The van der Waals surface area contributed by atoms with Crippen molar-refractivity contribution in [2.75, 3.05) is 26.2 Å². The highest BCUT2D eigenvalue weighted by molar-refractivity contribution is 5.65. The molecule has 0 aliphatic carbocycles. The standard InChI is InChI=1S/C25H23FN4O3/c26-21-4-1-3-19(15-21)18-6-8-22(9-7-18)30-17-20(24(27-30)23-5-2-14-33-23)16-28-10-12-29(13-11-28)25(31)32/h1-9,14-15,17H,10-13,16H2,(H,31,32). The normalized spacial score (nSPS) is 14.5. The van der Waals surface area contributed by atoms with Crippen LogP contribution in [-0.4, -0.2) is 57.0 Å². The second kappa shape index (κ2) is 8.91. The molecule has 0 unspecified atom stereocenters. The largest absolute Gasteiger partial charge is 0.465 e. The second-order valence-electron chi connectivity index (χ2n) is 8.03. The van der Waals surface area contributed by atoms with Crippen LogP contribution in [0, 0.1) is 5.82 Å². The first-order valence-electron chi connectivity index (χ1n) is 10.8. The van der Waals surface area contributed by atoms with Crippen molar-refractivity contribution in [3.63, 3.8) is 0 Å². The minimum absolute atomic E-state index is 0.263. The van der Waals surface area contributed by atoms with Gasteiger partial charge in [-0.3, -0.25) is 4.90 Å². The molecule has 1 N–H and O–H groups in total. The Balaban J connectivity index is 1.40. The molecule has 1 amide bonds. The average molecular weight is 446 g/mol. The fourth-order valence-corrected chi connectivity index (χ4v) is 4.09. The van der Waals surface area contributed by atoms with E-state index < -0.39 is 6.09 Å². The van der Waals surface area contributed by atoms with Crippen molar-refractivity contribution in [2.45, 2.75) is 6.54 Å². The minimum atomic E-state index is -0.875. The van der Waals surface area contributed by atoms with Crippen molar-refractivity contribution in [2.24, 2.45) is 0 Å². The summed E-state index contributed by atoms with van der Waals surface area (Å²) in [7, 11) is 0. The molecule has 1 aliphatic rings. The van der Waals surface area contributed by atoms with Gasteiger partial charge >= 0.3 is 6.09 Å². The van der Waals surface area contributed by atoms with Gasteiger partial charge in [-0.25, -0.2) is 13.9 Å². The van der Waals surface area contributed by atoms with E-state index in [1.807, 2.05) is 53.3 Å². The summed E-state index contributed by atoms with van der Waals surface area (Å²) in [6, 6.07) is 18.0. The zero-order valence-corrected chi connectivity index (χ0v) is 17.9. The summed E-state index contributed by atoms with van der Waals surface area (Å²) in [4.78, 5) is 14.8. The molecule has 1 aliphatic heterocycles. The molecule has 0 saturated carbocycles. The van der Waals surface area contributed by atoms with Gasteiger partial charge in [0.05, 0.1) is 12.0 Å². The molecule has 0 bridgehead atoms. The number of amides is 1. The van der Waals surface area contributed by atoms with E-state index >= 15 is 0 Å². The van der Waals surface area contributed by atoms with Gasteiger partial charge < -0.3 is 14.4 Å². The number of hydrogen-bond donors (Lipinski definition) is 1. The Labute approximate surface area is 190 Å². The van der Waals surface area contributed by atoms with Gasteiger partial charge in [0, 0.05) is 44.5 Å². The van der Waals surface area contributed by atoms with E-state index in [1.54, 1.807) is 12.3 Å². The molecule has 2 aromatic heterocycles. The van der Waals surface area contributed by atoms with Crippen LogP contribution in [0.2, 0.25) is 0 Å². The van der Waals surface area contributed by atoms with Crippen LogP contribution in [0.15, 0.2) is 77.5 Å². The van der Waals surface area contributed by atoms with Crippen LogP contribution < -0.4 is 0 Å². The van der Waals surface area contributed by atoms with E-state index in [2.05, 4.69) is 4.90 Å². The lowest BCUT2D eigenvalue weighted by atomic mass is 10.1. The predicted octanol–water partition coefficient (Wildman–Crippen LogP) is 4.73. The van der Waals surface area contributed by atoms with E-state index in [0.717, 1.165) is 28.1 Å². The number of aromatic nitrogens is 2. The molecular weight excluding hydrogens is 423 g/mol. The van der Waals surface area contributed by atoms with Crippen molar-refractivity contribution in [1.82, 2.24) is 19.6 Å². The van der Waals surface area contributed by atoms with Crippen molar-refractivity contribution in [3.05, 3.63) is 84.5 Å². The smallest absolute Gasteiger partial charge is 0.407 e. The van der Waals surface area contributed by atoms with Gasteiger partial charge in [0.2, 0.25) is 0 Å². The van der Waals surface area contributed by atoms with E-state index in [0.29, 0.717) is 38.5 Å². The van der Waals surface area contributed by atoms with E-state index in [4.69, 9.17) is 9.52 Å². The molecule has 1 saturated heterocycles. The van der Waals surface area contributed by atoms with Crippen LogP contribution in [0.4, 0.5) is 9.18 Å². The fraction of sp³-hybridized carbons (Fsp3) is 0.200. The van der Waals surface area contributed by atoms with Gasteiger partial charge in [-0.15, -0.1) is 0 Å². The van der Waals surface area contributed by atoms with Crippen molar-refractivity contribution >= 4 is 6.09 Å². The number of piperazine rings is 1. The number of hydrogen-bond acceptors (Lipinski definition) is 4. The highest BCUT2D eigenvalue weighted by Gasteiger charge is 2.23. The highest BCUT2D eigenvalue weighted by Crippen LogP contribution is 2.27. The molecule has 0 spiro atoms. The van der Waals surface area contributed by atoms with E-state index in [9.17, 15) is 14.3 Å². The topological polar surface area (TPSA) is 74.7 Å². The van der Waals surface area contributed by atoms with Gasteiger partial charge in [0.15, 0.2) is 5.76 Å². The van der Waals surface area contributed by atoms with Crippen LogP contribution >= 0.6 is 0 Å². The number of nitrogens with zero attached hydrogens (tertiary/aromatic N) is 4. The summed E-state index contributed by atoms with van der Waals surface area (Å²) in [6.07, 6.45) is 2.73. The number of benzene rings is 2. The Kier molecular flexibility index (Phi) is 5.66. The summed E-state index contributed by atoms with van der Waals surface area (Å²) in [5.41, 5.74) is 4.38. The van der Waals surface area contributed by atoms with Crippen molar-refractivity contribution in [1.29, 1.82) is 0 Å². The molecule has 4 aromatic rings. The zero-order valence-electron chi connectivity index (χ0n) is 17.9. The molecule has 1 fully saturated rings. The van der Waals surface area contributed by atoms with Crippen molar-refractivity contribution in [3.8, 4) is 28.3 Å². The maximum Gasteiger partial charge on any atom is 0.407 e. The molecule has 2 aromatic carbocycles. The van der Waals surface area contributed by atoms with Crippen LogP contribution in [-0.2, 0) is 6.54 Å². The second-order valence-corrected chi connectivity index (χ2v) is 8.03. The first kappa shape index (κ1) is 21.0. The lowest BCUT2D eigenvalue weighted by Gasteiger charge is -2.32. The summed E-state index contributed by atoms with van der Waals surface area (Å²) in [6.45, 7) is 2.95. The van der Waals surface area contributed by atoms with Crippen LogP contribution in [0.3, 0.4) is 0 Å². The zero-order chi connectivity index (χ0) is 22.8. The van der Waals surface area contributed by atoms with E-state index in [-0.39, 0.29) is 5.82 Å². The molecule has 8 heteroatoms. The molecule has 33 heavy (non-hydrogen) atoms. The Bertz CT molecular complexity index is 1240. The molecule has 3 heterocycles. The maximum absolute atomic E-state index is 13.6. The summed E-state index contributed by atoms with van der Waals surface area (Å²) in [5.74, 6) is 0.421. The molecular formula is C25H23FN4O3. The molecule has 0 atom stereocenters. The predicted molar refractivity (Wildman–Crippen MR) is 122 cm³/mol. The Morgan fingerprint density at radius 2 is 1.79 bits per heavy atom. The lowest BCUT2D eigenvalue weighted by Crippen LogP contribution is -2.47. The fourth-order valence-electron chi connectivity index (χ4n) is 4.09. The number of furan rings is 1. The molecule has 7 nitrogen and oxygen atoms in total. The van der Waals surface area contributed by atoms with Gasteiger partial charge in [0.1, 0.15) is 11.5 Å². The van der Waals surface area contributed by atoms with Crippen molar-refractivity contribution < 1.29 is 18.7 Å². The Hall–Kier alpha value is -3.91. The SMILES string of the molecule is O=C(O)N1CCN(Cc2cn(-c3ccc(-c4cccc(F)c4)cc3)nc2-c2ccco2)CC1. The van der Waals surface area contributed by atoms with Gasteiger partial charge in [-0.05, 0) is 47.5 Å². The monoisotopic (exact) mass is 446 g/mol. The Morgan fingerprint density at radius 3 is 2.45 bits per heavy atom. The molecule has 0 radical (unpaired) electrons.